The summed E-state index contributed by atoms with van der Waals surface area (Å²) in [6, 6.07) is 7.88. The van der Waals surface area contributed by atoms with Crippen molar-refractivity contribution in [3.8, 4) is 0 Å². The fraction of sp³-hybridized carbons (Fsp3) is 0.0769. The smallest absolute Gasteiger partial charge is 0.129 e. The molecule has 0 radical (unpaired) electrons. The monoisotopic (exact) mass is 346 g/mol. The Bertz CT molecular complexity index is 556. The molecule has 2 nitrogen and oxygen atoms in total. The van der Waals surface area contributed by atoms with E-state index < -0.39 is 17.7 Å². The third-order valence-corrected chi connectivity index (χ3v) is 3.44. The number of benzene rings is 2. The number of halogens is 4. The predicted molar refractivity (Wildman–Crippen MR) is 74.7 cm³/mol. The first-order valence-electron chi connectivity index (χ1n) is 5.39. The van der Waals surface area contributed by atoms with Gasteiger partial charge in [0.25, 0.3) is 0 Å². The van der Waals surface area contributed by atoms with E-state index >= 15 is 0 Å². The molecule has 0 saturated heterocycles. The summed E-state index contributed by atoms with van der Waals surface area (Å²) in [4.78, 5) is 0. The van der Waals surface area contributed by atoms with E-state index in [9.17, 15) is 8.78 Å². The molecule has 6 heteroatoms. The van der Waals surface area contributed by atoms with Crippen LogP contribution < -0.4 is 11.3 Å². The Morgan fingerprint density at radius 1 is 1.05 bits per heavy atom. The highest BCUT2D eigenvalue weighted by Gasteiger charge is 2.20. The van der Waals surface area contributed by atoms with Crippen LogP contribution >= 0.6 is 27.5 Å². The van der Waals surface area contributed by atoms with E-state index in [0.717, 1.165) is 6.07 Å². The van der Waals surface area contributed by atoms with Crippen LogP contribution in [-0.2, 0) is 0 Å². The minimum Gasteiger partial charge on any atom is -0.271 e. The lowest BCUT2D eigenvalue weighted by molar-refractivity contribution is 0.531. The quantitative estimate of drug-likeness (QED) is 0.652. The van der Waals surface area contributed by atoms with Crippen molar-refractivity contribution in [2.75, 3.05) is 0 Å². The molecular weight excluding hydrogens is 338 g/mol. The van der Waals surface area contributed by atoms with E-state index in [4.69, 9.17) is 17.4 Å². The molecule has 0 aliphatic heterocycles. The lowest BCUT2D eigenvalue weighted by Crippen LogP contribution is -2.30. The highest BCUT2D eigenvalue weighted by Crippen LogP contribution is 2.28. The highest BCUT2D eigenvalue weighted by molar-refractivity contribution is 9.10. The topological polar surface area (TPSA) is 38.0 Å². The largest absolute Gasteiger partial charge is 0.271 e. The molecule has 0 amide bonds. The van der Waals surface area contributed by atoms with Crippen molar-refractivity contribution >= 4 is 27.5 Å². The molecule has 0 aliphatic rings. The SMILES string of the molecule is NNC(c1ccc(Cl)cc1F)c1ccc(Br)cc1F. The van der Waals surface area contributed by atoms with Crippen LogP contribution in [0.25, 0.3) is 0 Å². The molecule has 0 saturated carbocycles. The zero-order chi connectivity index (χ0) is 14.0. The molecule has 3 N–H and O–H groups in total. The van der Waals surface area contributed by atoms with Crippen LogP contribution in [0.5, 0.6) is 0 Å². The van der Waals surface area contributed by atoms with Crippen LogP contribution in [0, 0.1) is 11.6 Å². The molecule has 0 heterocycles. The van der Waals surface area contributed by atoms with E-state index in [1.54, 1.807) is 6.07 Å². The van der Waals surface area contributed by atoms with E-state index in [1.807, 2.05) is 0 Å². The normalized spacial score (nSPS) is 12.5. The second-order valence-corrected chi connectivity index (χ2v) is 5.28. The zero-order valence-electron chi connectivity index (χ0n) is 9.63. The van der Waals surface area contributed by atoms with Crippen molar-refractivity contribution < 1.29 is 8.78 Å². The molecule has 19 heavy (non-hydrogen) atoms. The summed E-state index contributed by atoms with van der Waals surface area (Å²) in [5, 5.41) is 0.272. The van der Waals surface area contributed by atoms with Gasteiger partial charge in [0.2, 0.25) is 0 Å². The van der Waals surface area contributed by atoms with Crippen LogP contribution in [0.1, 0.15) is 17.2 Å². The number of nitrogens with two attached hydrogens (primary N) is 1. The Morgan fingerprint density at radius 3 is 2.16 bits per heavy atom. The third kappa shape index (κ3) is 3.12. The molecule has 2 aromatic rings. The summed E-state index contributed by atoms with van der Waals surface area (Å²) < 4.78 is 28.4. The minimum absolute atomic E-state index is 0.230. The summed E-state index contributed by atoms with van der Waals surface area (Å²) in [5.41, 5.74) is 2.90. The number of hydrogen-bond donors (Lipinski definition) is 2. The summed E-state index contributed by atoms with van der Waals surface area (Å²) in [6.45, 7) is 0. The van der Waals surface area contributed by atoms with Gasteiger partial charge < -0.3 is 0 Å². The van der Waals surface area contributed by atoms with Gasteiger partial charge in [-0.25, -0.2) is 14.2 Å². The molecule has 0 fully saturated rings. The van der Waals surface area contributed by atoms with Crippen LogP contribution in [0.15, 0.2) is 40.9 Å². The van der Waals surface area contributed by atoms with Crippen molar-refractivity contribution in [3.05, 3.63) is 68.7 Å². The standard InChI is InChI=1S/C13H10BrClF2N2/c14-7-1-3-9(11(16)5-7)13(19-18)10-4-2-8(15)6-12(10)17/h1-6,13,19H,18H2. The predicted octanol–water partition coefficient (Wildman–Crippen LogP) is 3.93. The van der Waals surface area contributed by atoms with Crippen molar-refractivity contribution in [3.63, 3.8) is 0 Å². The van der Waals surface area contributed by atoms with Gasteiger partial charge in [0, 0.05) is 20.6 Å². The minimum atomic E-state index is -0.787. The third-order valence-electron chi connectivity index (χ3n) is 2.71. The van der Waals surface area contributed by atoms with E-state index in [1.165, 1.54) is 24.3 Å². The Hall–Kier alpha value is -1.01. The maximum absolute atomic E-state index is 13.9. The molecule has 1 unspecified atom stereocenters. The first-order chi connectivity index (χ1) is 9.02. The van der Waals surface area contributed by atoms with Gasteiger partial charge in [-0.3, -0.25) is 5.84 Å². The molecule has 1 atom stereocenters. The van der Waals surface area contributed by atoms with E-state index in [0.29, 0.717) is 4.47 Å². The number of rotatable bonds is 3. The van der Waals surface area contributed by atoms with Gasteiger partial charge in [0.1, 0.15) is 11.6 Å². The van der Waals surface area contributed by atoms with Gasteiger partial charge in [-0.15, -0.1) is 0 Å². The van der Waals surface area contributed by atoms with Gasteiger partial charge in [0.15, 0.2) is 0 Å². The van der Waals surface area contributed by atoms with E-state index in [-0.39, 0.29) is 16.1 Å². The van der Waals surface area contributed by atoms with Gasteiger partial charge in [-0.2, -0.15) is 0 Å². The average Bonchev–Trinajstić information content (AvgIpc) is 2.34. The maximum Gasteiger partial charge on any atom is 0.129 e. The van der Waals surface area contributed by atoms with Gasteiger partial charge in [0.05, 0.1) is 6.04 Å². The molecule has 100 valence electrons. The second kappa shape index (κ2) is 5.96. The first kappa shape index (κ1) is 14.4. The first-order valence-corrected chi connectivity index (χ1v) is 6.56. The van der Waals surface area contributed by atoms with Crippen molar-refractivity contribution in [1.82, 2.24) is 5.43 Å². The fourth-order valence-electron chi connectivity index (χ4n) is 1.82. The maximum atomic E-state index is 13.9. The van der Waals surface area contributed by atoms with Gasteiger partial charge in [-0.05, 0) is 24.3 Å². The number of hydrogen-bond acceptors (Lipinski definition) is 2. The summed E-state index contributed by atoms with van der Waals surface area (Å²) >= 11 is 8.86. The summed E-state index contributed by atoms with van der Waals surface area (Å²) in [7, 11) is 0. The molecule has 2 rings (SSSR count). The Labute approximate surface area is 122 Å². The molecule has 0 aromatic heterocycles. The average molecular weight is 348 g/mol. The van der Waals surface area contributed by atoms with Gasteiger partial charge in [-0.1, -0.05) is 39.7 Å². The zero-order valence-corrected chi connectivity index (χ0v) is 12.0. The Kier molecular flexibility index (Phi) is 4.52. The van der Waals surface area contributed by atoms with Crippen molar-refractivity contribution in [2.24, 2.45) is 5.84 Å². The number of hydrazine groups is 1. The summed E-state index contributed by atoms with van der Waals surface area (Å²) in [5.74, 6) is 4.40. The number of nitrogens with one attached hydrogen (secondary N) is 1. The van der Waals surface area contributed by atoms with Crippen LogP contribution in [0.2, 0.25) is 5.02 Å². The van der Waals surface area contributed by atoms with Crippen LogP contribution in [0.4, 0.5) is 8.78 Å². The molecule has 2 aromatic carbocycles. The highest BCUT2D eigenvalue weighted by atomic mass is 79.9. The Morgan fingerprint density at radius 2 is 1.63 bits per heavy atom. The summed E-state index contributed by atoms with van der Waals surface area (Å²) in [6.07, 6.45) is 0. The lowest BCUT2D eigenvalue weighted by atomic mass is 9.98. The Balaban J connectivity index is 2.50. The van der Waals surface area contributed by atoms with Crippen LogP contribution in [0.3, 0.4) is 0 Å². The lowest BCUT2D eigenvalue weighted by Gasteiger charge is -2.18. The molecule has 0 bridgehead atoms. The van der Waals surface area contributed by atoms with Gasteiger partial charge >= 0.3 is 0 Å². The van der Waals surface area contributed by atoms with E-state index in [2.05, 4.69) is 21.4 Å². The second-order valence-electron chi connectivity index (χ2n) is 3.93. The molecule has 0 spiro atoms. The van der Waals surface area contributed by atoms with Crippen LogP contribution in [-0.4, -0.2) is 0 Å². The molecule has 0 aliphatic carbocycles. The van der Waals surface area contributed by atoms with Crippen molar-refractivity contribution in [2.45, 2.75) is 6.04 Å². The molecular formula is C13H10BrClF2N2. The fourth-order valence-corrected chi connectivity index (χ4v) is 2.31. The van der Waals surface area contributed by atoms with Crippen molar-refractivity contribution in [1.29, 1.82) is 0 Å².